The monoisotopic (exact) mass is 953 g/mol. The first-order valence-electron chi connectivity index (χ1n) is 24.3. The number of hydrogen-bond acceptors (Lipinski definition) is 13. The predicted octanol–water partition coefficient (Wildman–Crippen LogP) is 5.35. The van der Waals surface area contributed by atoms with Crippen LogP contribution in [0.1, 0.15) is 118 Å². The molecular weight excluding hydrogens is 896 g/mol. The zero-order valence-electron chi connectivity index (χ0n) is 38.4. The molecule has 2 saturated carbocycles. The van der Waals surface area contributed by atoms with E-state index in [9.17, 15) is 23.2 Å². The Morgan fingerprint density at radius 1 is 0.986 bits per heavy atom. The van der Waals surface area contributed by atoms with E-state index in [2.05, 4.69) is 47.3 Å². The smallest absolute Gasteiger partial charge is 0.284 e. The second-order valence-electron chi connectivity index (χ2n) is 19.1. The van der Waals surface area contributed by atoms with Crippen LogP contribution in [0.3, 0.4) is 0 Å². The highest BCUT2D eigenvalue weighted by molar-refractivity contribution is 6.24. The fourth-order valence-corrected chi connectivity index (χ4v) is 10.4. The van der Waals surface area contributed by atoms with Crippen molar-refractivity contribution in [2.75, 3.05) is 62.8 Å². The third-order valence-electron chi connectivity index (χ3n) is 14.4. The zero-order valence-corrected chi connectivity index (χ0v) is 38.4. The molecule has 69 heavy (non-hydrogen) atoms. The third kappa shape index (κ3) is 10.5. The van der Waals surface area contributed by atoms with Crippen molar-refractivity contribution in [2.45, 2.75) is 120 Å². The van der Waals surface area contributed by atoms with E-state index in [0.29, 0.717) is 76.0 Å². The number of amides is 3. The number of imide groups is 1. The van der Waals surface area contributed by atoms with Crippen molar-refractivity contribution >= 4 is 45.7 Å². The first-order chi connectivity index (χ1) is 33.6. The van der Waals surface area contributed by atoms with Gasteiger partial charge in [-0.3, -0.25) is 34.0 Å². The van der Waals surface area contributed by atoms with Gasteiger partial charge in [0.25, 0.3) is 12.3 Å². The van der Waals surface area contributed by atoms with Gasteiger partial charge in [-0.25, -0.2) is 23.1 Å². The van der Waals surface area contributed by atoms with Gasteiger partial charge in [-0.05, 0) is 82.3 Å². The molecule has 6 fully saturated rings. The van der Waals surface area contributed by atoms with E-state index in [1.54, 1.807) is 12.3 Å². The molecule has 4 aliphatic heterocycles. The van der Waals surface area contributed by atoms with E-state index in [4.69, 9.17) is 25.0 Å². The summed E-state index contributed by atoms with van der Waals surface area (Å²) >= 11 is 0. The molecule has 0 bridgehead atoms. The molecule has 4 aromatic rings. The Kier molecular flexibility index (Phi) is 14.0. The summed E-state index contributed by atoms with van der Waals surface area (Å²) in [5.41, 5.74) is 7.52. The van der Waals surface area contributed by atoms with Crippen molar-refractivity contribution in [2.24, 2.45) is 11.7 Å². The highest BCUT2D eigenvalue weighted by Crippen LogP contribution is 2.41. The Bertz CT molecular complexity index is 2620. The molecule has 0 radical (unpaired) electrons. The fourth-order valence-electron chi connectivity index (χ4n) is 10.4. The second-order valence-corrected chi connectivity index (χ2v) is 19.1. The molecule has 1 aromatic carbocycles. The Morgan fingerprint density at radius 3 is 2.49 bits per heavy atom. The summed E-state index contributed by atoms with van der Waals surface area (Å²) in [4.78, 5) is 51.3. The maximum absolute atomic E-state index is 15.6. The van der Waals surface area contributed by atoms with Crippen LogP contribution in [0.25, 0.3) is 16.5 Å². The zero-order chi connectivity index (χ0) is 47.6. The fraction of sp³-hybridized carbons (Fsp3) is 0.571. The molecule has 6 aliphatic rings. The van der Waals surface area contributed by atoms with Crippen LogP contribution < -0.4 is 21.3 Å². The van der Waals surface area contributed by atoms with Gasteiger partial charge in [0.1, 0.15) is 24.7 Å². The van der Waals surface area contributed by atoms with Crippen LogP contribution in [0.4, 0.5) is 24.7 Å². The van der Waals surface area contributed by atoms with Gasteiger partial charge in [-0.1, -0.05) is 24.0 Å². The molecule has 3 aromatic heterocycles. The van der Waals surface area contributed by atoms with Crippen molar-refractivity contribution in [3.8, 4) is 11.8 Å². The first kappa shape index (κ1) is 46.8. The second kappa shape index (κ2) is 20.6. The average Bonchev–Trinajstić information content (AvgIpc) is 3.98. The number of alkyl halides is 3. The summed E-state index contributed by atoms with van der Waals surface area (Å²) in [5.74, 6) is 5.51. The van der Waals surface area contributed by atoms with E-state index in [1.807, 2.05) is 22.9 Å². The molecule has 4 saturated heterocycles. The van der Waals surface area contributed by atoms with E-state index in [-0.39, 0.29) is 72.8 Å². The number of nitrogens with zero attached hydrogens (tertiary/aromatic N) is 8. The molecule has 1 unspecified atom stereocenters. The number of carbonyl (C=O) groups excluding carboxylic acids is 3. The van der Waals surface area contributed by atoms with Gasteiger partial charge in [0.05, 0.1) is 71.5 Å². The van der Waals surface area contributed by atoms with Crippen molar-refractivity contribution in [1.29, 1.82) is 0 Å². The summed E-state index contributed by atoms with van der Waals surface area (Å²) in [6.45, 7) is 4.40. The lowest BCUT2D eigenvalue weighted by Crippen LogP contribution is -2.47. The van der Waals surface area contributed by atoms with Gasteiger partial charge in [0.15, 0.2) is 11.5 Å². The van der Waals surface area contributed by atoms with Gasteiger partial charge < -0.3 is 30.2 Å². The van der Waals surface area contributed by atoms with Gasteiger partial charge in [-0.2, -0.15) is 10.2 Å². The molecule has 10 rings (SSSR count). The number of nitrogens with two attached hydrogens (primary N) is 1. The number of aromatic nitrogens is 6. The van der Waals surface area contributed by atoms with Crippen LogP contribution in [0.5, 0.6) is 0 Å². The summed E-state index contributed by atoms with van der Waals surface area (Å²) in [5, 5.41) is 15.0. The number of piperidine rings is 3. The van der Waals surface area contributed by atoms with E-state index in [1.165, 1.54) is 10.9 Å². The first-order valence-corrected chi connectivity index (χ1v) is 24.3. The average molecular weight is 954 g/mol. The molecule has 3 atom stereocenters. The van der Waals surface area contributed by atoms with Crippen molar-refractivity contribution in [3.05, 3.63) is 65.6 Å². The number of halogens is 3. The van der Waals surface area contributed by atoms with Gasteiger partial charge in [0, 0.05) is 63.1 Å². The highest BCUT2D eigenvalue weighted by Gasteiger charge is 2.37. The Labute approximate surface area is 397 Å². The van der Waals surface area contributed by atoms with Crippen LogP contribution in [0.2, 0.25) is 0 Å². The molecule has 0 spiro atoms. The van der Waals surface area contributed by atoms with Crippen LogP contribution in [0, 0.1) is 17.8 Å². The number of hydrogen-bond donors (Lipinski definition) is 3. The molecule has 2 aliphatic carbocycles. The molecule has 17 nitrogen and oxygen atoms in total. The number of carbonyl (C=O) groups is 3. The Hall–Kier alpha value is -5.88. The predicted molar refractivity (Wildman–Crippen MR) is 248 cm³/mol. The lowest BCUT2D eigenvalue weighted by atomic mass is 9.85. The van der Waals surface area contributed by atoms with Crippen LogP contribution in [-0.4, -0.2) is 129 Å². The summed E-state index contributed by atoms with van der Waals surface area (Å²) in [6, 6.07) is 7.61. The Morgan fingerprint density at radius 2 is 1.78 bits per heavy atom. The maximum Gasteiger partial charge on any atom is 0.284 e. The van der Waals surface area contributed by atoms with E-state index >= 15 is 4.39 Å². The van der Waals surface area contributed by atoms with E-state index < -0.39 is 36.2 Å². The number of ether oxygens (including phenoxy) is 3. The minimum atomic E-state index is -2.93. The third-order valence-corrected chi connectivity index (χ3v) is 14.4. The molecule has 366 valence electrons. The number of para-hydroxylation sites is 1. The largest absolute Gasteiger partial charge is 0.404 e. The number of fused-ring (bicyclic) bond motifs is 1. The summed E-state index contributed by atoms with van der Waals surface area (Å²) in [7, 11) is 0. The highest BCUT2D eigenvalue weighted by atomic mass is 19.3. The SMILES string of the molecule is NC=C(C(=O)Nc1cn(C2CCC(CN3CC[C@H](OCC#Cc4cccc5c(C6CCC(=O)NC6=O)nn(C6CC6)c45)[C@H](F)C3)CC2)nc1C(F)F)c1nccc(N2CCC(OC3COC3)CC2)n1. The van der Waals surface area contributed by atoms with Crippen LogP contribution in [0.15, 0.2) is 42.9 Å². The minimum absolute atomic E-state index is 0.0558. The van der Waals surface area contributed by atoms with Crippen molar-refractivity contribution in [1.82, 2.24) is 39.7 Å². The maximum atomic E-state index is 15.6. The standard InChI is InChI=1S/C49H58F3N11O6/c50-38-25-60(19-17-40(38)68-22-2-4-30-3-1-5-35-43(36-12-13-42(64)57-48(36)65)59-63(45(30)35)32-10-11-32)24-29-6-8-31(9-7-29)62-26-39(44(58-62)46(51)52)55-49(66)37(23-53)47-54-18-14-41(56-47)61-20-15-33(16-21-61)69-34-27-67-28-34/h1,3,5,14,18,23,26,29,31-34,36,38,40,46H,6-13,15-17,19-22,24-25,27-28,53H2,(H,55,66)(H,57,64,65)/t29?,31?,36?,38-,40+/m1/s1. The quantitative estimate of drug-likeness (QED) is 0.0832. The molecule has 7 heterocycles. The molecule has 20 heteroatoms. The summed E-state index contributed by atoms with van der Waals surface area (Å²) < 4.78 is 65.1. The summed E-state index contributed by atoms with van der Waals surface area (Å²) in [6.07, 6.45) is 7.56. The number of nitrogens with one attached hydrogen (secondary N) is 2. The van der Waals surface area contributed by atoms with Crippen LogP contribution in [-0.2, 0) is 28.6 Å². The lowest BCUT2D eigenvalue weighted by molar-refractivity contribution is -0.157. The minimum Gasteiger partial charge on any atom is -0.404 e. The number of benzene rings is 1. The van der Waals surface area contributed by atoms with E-state index in [0.717, 1.165) is 67.7 Å². The molecule has 3 amide bonds. The van der Waals surface area contributed by atoms with Gasteiger partial charge in [-0.15, -0.1) is 0 Å². The number of anilines is 2. The number of rotatable bonds is 14. The number of likely N-dealkylation sites (tertiary alicyclic amines) is 1. The molecular formula is C49H58F3N11O6. The lowest BCUT2D eigenvalue weighted by Gasteiger charge is -2.38. The normalized spacial score (nSPS) is 25.4. The van der Waals surface area contributed by atoms with Crippen molar-refractivity contribution in [3.63, 3.8) is 0 Å². The van der Waals surface area contributed by atoms with Gasteiger partial charge >= 0.3 is 0 Å². The Balaban J connectivity index is 0.693. The topological polar surface area (TPSA) is 197 Å². The van der Waals surface area contributed by atoms with Crippen LogP contribution >= 0.6 is 0 Å². The van der Waals surface area contributed by atoms with Crippen molar-refractivity contribution < 1.29 is 41.8 Å². The van der Waals surface area contributed by atoms with Gasteiger partial charge in [0.2, 0.25) is 11.8 Å². The molecule has 4 N–H and O–H groups in total.